The van der Waals surface area contributed by atoms with Gasteiger partial charge in [-0.1, -0.05) is 0 Å². The highest BCUT2D eigenvalue weighted by Crippen LogP contribution is 2.21. The molecule has 0 fully saturated rings. The van der Waals surface area contributed by atoms with Crippen molar-refractivity contribution in [3.63, 3.8) is 0 Å². The quantitative estimate of drug-likeness (QED) is 0.868. The van der Waals surface area contributed by atoms with Gasteiger partial charge < -0.3 is 4.74 Å². The molecule has 2 rings (SSSR count). The molecule has 0 atom stereocenters. The molecule has 0 aliphatic carbocycles. The van der Waals surface area contributed by atoms with Gasteiger partial charge in [0.2, 0.25) is 0 Å². The van der Waals surface area contributed by atoms with Gasteiger partial charge in [-0.2, -0.15) is 0 Å². The van der Waals surface area contributed by atoms with Crippen LogP contribution >= 0.6 is 15.9 Å². The third-order valence-corrected chi connectivity index (χ3v) is 3.32. The Balaban J connectivity index is 2.22. The minimum atomic E-state index is -0.514. The first-order valence-corrected chi connectivity index (χ1v) is 6.70. The lowest BCUT2D eigenvalue weighted by Crippen LogP contribution is -2.27. The number of ether oxygens (including phenoxy) is 1. The summed E-state index contributed by atoms with van der Waals surface area (Å²) in [6.45, 7) is 7.39. The Morgan fingerprint density at radius 1 is 1.42 bits per heavy atom. The van der Waals surface area contributed by atoms with Gasteiger partial charge in [0.15, 0.2) is 0 Å². The number of rotatable bonds is 1. The van der Waals surface area contributed by atoms with E-state index in [1.807, 2.05) is 38.2 Å². The van der Waals surface area contributed by atoms with Gasteiger partial charge in [-0.15, -0.1) is 0 Å². The predicted octanol–water partition coefficient (Wildman–Crippen LogP) is 3.75. The molecule has 6 heteroatoms. The number of halogens is 1. The maximum Gasteiger partial charge on any atom is 0.412 e. The number of carbonyl (C=O) groups is 1. The number of hydrogen-bond acceptors (Lipinski definition) is 3. The second-order valence-corrected chi connectivity index (χ2v) is 6.01. The van der Waals surface area contributed by atoms with Crippen LogP contribution in [0.15, 0.2) is 22.9 Å². The molecule has 0 aromatic carbocycles. The Labute approximate surface area is 120 Å². The lowest BCUT2D eigenvalue weighted by molar-refractivity contribution is 0.0636. The first-order valence-electron chi connectivity index (χ1n) is 5.90. The Bertz CT molecular complexity index is 629. The van der Waals surface area contributed by atoms with Gasteiger partial charge in [0, 0.05) is 6.20 Å². The van der Waals surface area contributed by atoms with Gasteiger partial charge in [-0.05, 0) is 55.8 Å². The van der Waals surface area contributed by atoms with E-state index in [2.05, 4.69) is 26.2 Å². The van der Waals surface area contributed by atoms with Crippen molar-refractivity contribution in [3.05, 3.63) is 28.6 Å². The van der Waals surface area contributed by atoms with E-state index >= 15 is 0 Å². The van der Waals surface area contributed by atoms with E-state index in [1.54, 1.807) is 12.3 Å². The standard InChI is InChI=1S/C13H16BrN3O2/c1-8-11(14)17-7-9(5-6-10(17)15-8)16-12(18)19-13(2,3)4/h5-7H,1-4H3,(H,16,18). The molecule has 0 radical (unpaired) electrons. The smallest absolute Gasteiger partial charge is 0.412 e. The molecule has 1 amide bonds. The fraction of sp³-hybridized carbons (Fsp3) is 0.385. The average Bonchev–Trinajstić information content (AvgIpc) is 2.53. The van der Waals surface area contributed by atoms with Gasteiger partial charge >= 0.3 is 6.09 Å². The first-order chi connectivity index (χ1) is 8.76. The number of aromatic nitrogens is 2. The highest BCUT2D eigenvalue weighted by atomic mass is 79.9. The second kappa shape index (κ2) is 4.85. The largest absolute Gasteiger partial charge is 0.444 e. The zero-order chi connectivity index (χ0) is 14.2. The van der Waals surface area contributed by atoms with Crippen molar-refractivity contribution >= 4 is 33.4 Å². The lowest BCUT2D eigenvalue weighted by Gasteiger charge is -2.19. The van der Waals surface area contributed by atoms with Crippen molar-refractivity contribution in [1.82, 2.24) is 9.38 Å². The zero-order valence-corrected chi connectivity index (χ0v) is 12.9. The first kappa shape index (κ1) is 13.9. The van der Waals surface area contributed by atoms with Crippen LogP contribution < -0.4 is 5.32 Å². The van der Waals surface area contributed by atoms with E-state index in [0.29, 0.717) is 5.69 Å². The topological polar surface area (TPSA) is 55.6 Å². The molecular formula is C13H16BrN3O2. The minimum absolute atomic E-state index is 0.472. The van der Waals surface area contributed by atoms with Gasteiger partial charge in [-0.3, -0.25) is 9.72 Å². The van der Waals surface area contributed by atoms with Crippen LogP contribution in [0.1, 0.15) is 26.5 Å². The molecule has 0 saturated heterocycles. The number of pyridine rings is 1. The van der Waals surface area contributed by atoms with Crippen LogP contribution in [0.4, 0.5) is 10.5 Å². The Hall–Kier alpha value is -1.56. The fourth-order valence-electron chi connectivity index (χ4n) is 1.63. The van der Waals surface area contributed by atoms with Crippen molar-refractivity contribution in [2.75, 3.05) is 5.32 Å². The molecule has 102 valence electrons. The summed E-state index contributed by atoms with van der Waals surface area (Å²) in [6, 6.07) is 3.63. The van der Waals surface area contributed by atoms with Crippen LogP contribution in [0.25, 0.3) is 5.65 Å². The fourth-order valence-corrected chi connectivity index (χ4v) is 2.00. The molecule has 5 nitrogen and oxygen atoms in total. The normalized spacial score (nSPS) is 11.6. The average molecular weight is 326 g/mol. The number of nitrogens with one attached hydrogen (secondary N) is 1. The predicted molar refractivity (Wildman–Crippen MR) is 77.5 cm³/mol. The van der Waals surface area contributed by atoms with Crippen molar-refractivity contribution < 1.29 is 9.53 Å². The summed E-state index contributed by atoms with van der Waals surface area (Å²) in [5.74, 6) is 0. The van der Waals surface area contributed by atoms with Gasteiger partial charge in [0.1, 0.15) is 15.9 Å². The van der Waals surface area contributed by atoms with Crippen LogP contribution in [0.3, 0.4) is 0 Å². The van der Waals surface area contributed by atoms with Crippen LogP contribution in [0.2, 0.25) is 0 Å². The highest BCUT2D eigenvalue weighted by molar-refractivity contribution is 9.10. The number of imidazole rings is 1. The summed E-state index contributed by atoms with van der Waals surface area (Å²) in [5, 5.41) is 2.70. The van der Waals surface area contributed by atoms with Crippen LogP contribution in [0, 0.1) is 6.92 Å². The number of anilines is 1. The maximum atomic E-state index is 11.7. The Morgan fingerprint density at radius 3 is 2.74 bits per heavy atom. The van der Waals surface area contributed by atoms with Crippen molar-refractivity contribution in [2.24, 2.45) is 0 Å². The monoisotopic (exact) mass is 325 g/mol. The summed E-state index contributed by atoms with van der Waals surface area (Å²) in [5.41, 5.74) is 1.86. The summed E-state index contributed by atoms with van der Waals surface area (Å²) in [7, 11) is 0. The van der Waals surface area contributed by atoms with Crippen LogP contribution in [0.5, 0.6) is 0 Å². The number of aryl methyl sites for hydroxylation is 1. The van der Waals surface area contributed by atoms with Crippen molar-refractivity contribution in [2.45, 2.75) is 33.3 Å². The molecule has 0 bridgehead atoms. The summed E-state index contributed by atoms with van der Waals surface area (Å²) in [4.78, 5) is 16.0. The van der Waals surface area contributed by atoms with Crippen molar-refractivity contribution in [3.8, 4) is 0 Å². The number of nitrogens with zero attached hydrogens (tertiary/aromatic N) is 2. The van der Waals surface area contributed by atoms with E-state index in [9.17, 15) is 4.79 Å². The highest BCUT2D eigenvalue weighted by Gasteiger charge is 2.16. The molecule has 0 unspecified atom stereocenters. The molecule has 1 N–H and O–H groups in total. The molecule has 0 aliphatic heterocycles. The molecular weight excluding hydrogens is 310 g/mol. The summed E-state index contributed by atoms with van der Waals surface area (Å²) in [6.07, 6.45) is 1.32. The molecule has 2 heterocycles. The second-order valence-electron chi connectivity index (χ2n) is 5.26. The van der Waals surface area contributed by atoms with Crippen molar-refractivity contribution in [1.29, 1.82) is 0 Å². The zero-order valence-electron chi connectivity index (χ0n) is 11.3. The molecule has 2 aromatic rings. The molecule has 0 aliphatic rings. The third-order valence-electron chi connectivity index (χ3n) is 2.36. The van der Waals surface area contributed by atoms with E-state index in [-0.39, 0.29) is 0 Å². The summed E-state index contributed by atoms with van der Waals surface area (Å²) < 4.78 is 7.94. The van der Waals surface area contributed by atoms with Gasteiger partial charge in [0.25, 0.3) is 0 Å². The SMILES string of the molecule is Cc1nc2ccc(NC(=O)OC(C)(C)C)cn2c1Br. The number of amides is 1. The van der Waals surface area contributed by atoms with E-state index < -0.39 is 11.7 Å². The number of carbonyl (C=O) groups excluding carboxylic acids is 1. The van der Waals surface area contributed by atoms with Gasteiger partial charge in [0.05, 0.1) is 11.4 Å². The molecule has 0 saturated carbocycles. The van der Waals surface area contributed by atoms with E-state index in [4.69, 9.17) is 4.74 Å². The molecule has 19 heavy (non-hydrogen) atoms. The number of fused-ring (bicyclic) bond motifs is 1. The third kappa shape index (κ3) is 3.26. The lowest BCUT2D eigenvalue weighted by atomic mass is 10.2. The Morgan fingerprint density at radius 2 is 2.11 bits per heavy atom. The minimum Gasteiger partial charge on any atom is -0.444 e. The maximum absolute atomic E-state index is 11.7. The number of hydrogen-bond donors (Lipinski definition) is 1. The molecule has 0 spiro atoms. The van der Waals surface area contributed by atoms with Gasteiger partial charge in [-0.25, -0.2) is 9.78 Å². The molecule has 2 aromatic heterocycles. The Kier molecular flexibility index (Phi) is 3.54. The van der Waals surface area contributed by atoms with E-state index in [0.717, 1.165) is 15.9 Å². The van der Waals surface area contributed by atoms with E-state index in [1.165, 1.54) is 0 Å². The van der Waals surface area contributed by atoms with Crippen LogP contribution in [-0.2, 0) is 4.74 Å². The summed E-state index contributed by atoms with van der Waals surface area (Å²) >= 11 is 3.46. The van der Waals surface area contributed by atoms with Crippen LogP contribution in [-0.4, -0.2) is 21.1 Å².